The van der Waals surface area contributed by atoms with Crippen LogP contribution in [0.15, 0.2) is 48.5 Å². The zero-order valence-corrected chi connectivity index (χ0v) is 16.5. The van der Waals surface area contributed by atoms with Crippen molar-refractivity contribution in [2.75, 3.05) is 20.1 Å². The summed E-state index contributed by atoms with van der Waals surface area (Å²) in [4.78, 5) is 24.5. The predicted octanol–water partition coefficient (Wildman–Crippen LogP) is 3.29. The third-order valence-electron chi connectivity index (χ3n) is 5.47. The number of aryl methyl sites for hydroxylation is 1. The van der Waals surface area contributed by atoms with Crippen molar-refractivity contribution in [2.45, 2.75) is 32.5 Å². The lowest BCUT2D eigenvalue weighted by atomic mass is 10.2. The number of hydrogen-bond donors (Lipinski definition) is 2. The Hall–Kier alpha value is -2.86. The molecule has 1 saturated heterocycles. The molecule has 0 spiro atoms. The van der Waals surface area contributed by atoms with Crippen molar-refractivity contribution < 1.29 is 4.79 Å². The number of aromatic amines is 1. The molecule has 1 aliphatic heterocycles. The number of carbonyl (C=O) groups excluding carboxylic acids is 1. The molecule has 3 aromatic rings. The molecular formula is C22H27N5O. The molecule has 4 rings (SSSR count). The second-order valence-corrected chi connectivity index (χ2v) is 7.61. The monoisotopic (exact) mass is 377 g/mol. The third-order valence-corrected chi connectivity index (χ3v) is 5.47. The van der Waals surface area contributed by atoms with Crippen molar-refractivity contribution in [3.63, 3.8) is 0 Å². The van der Waals surface area contributed by atoms with E-state index >= 15 is 0 Å². The summed E-state index contributed by atoms with van der Waals surface area (Å²) in [5.74, 6) is 0.900. The first-order chi connectivity index (χ1) is 13.6. The first kappa shape index (κ1) is 18.5. The van der Waals surface area contributed by atoms with Crippen LogP contribution in [-0.2, 0) is 13.1 Å². The van der Waals surface area contributed by atoms with E-state index in [9.17, 15) is 4.79 Å². The van der Waals surface area contributed by atoms with Crippen LogP contribution in [-0.4, -0.2) is 52.0 Å². The number of likely N-dealkylation sites (N-methyl/N-ethyl adjacent to an activating group) is 1. The van der Waals surface area contributed by atoms with Gasteiger partial charge >= 0.3 is 6.03 Å². The van der Waals surface area contributed by atoms with Gasteiger partial charge in [0.05, 0.1) is 11.0 Å². The zero-order valence-electron chi connectivity index (χ0n) is 16.5. The Morgan fingerprint density at radius 1 is 1.25 bits per heavy atom. The van der Waals surface area contributed by atoms with Crippen molar-refractivity contribution in [2.24, 2.45) is 0 Å². The molecule has 0 unspecified atom stereocenters. The minimum atomic E-state index is -0.0209. The van der Waals surface area contributed by atoms with Crippen LogP contribution in [0.4, 0.5) is 4.79 Å². The lowest BCUT2D eigenvalue weighted by molar-refractivity contribution is 0.188. The molecule has 1 aliphatic rings. The lowest BCUT2D eigenvalue weighted by Crippen LogP contribution is -2.44. The topological polar surface area (TPSA) is 64.3 Å². The van der Waals surface area contributed by atoms with Gasteiger partial charge in [-0.25, -0.2) is 9.78 Å². The van der Waals surface area contributed by atoms with Crippen LogP contribution in [0.25, 0.3) is 11.0 Å². The number of fused-ring (bicyclic) bond motifs is 1. The summed E-state index contributed by atoms with van der Waals surface area (Å²) in [6.07, 6.45) is 1.01. The fourth-order valence-corrected chi connectivity index (χ4v) is 3.88. The number of aromatic nitrogens is 2. The number of H-pyrrole nitrogens is 1. The van der Waals surface area contributed by atoms with Gasteiger partial charge in [0.15, 0.2) is 0 Å². The molecule has 2 aromatic carbocycles. The van der Waals surface area contributed by atoms with Gasteiger partial charge < -0.3 is 15.2 Å². The van der Waals surface area contributed by atoms with E-state index < -0.39 is 0 Å². The van der Waals surface area contributed by atoms with Gasteiger partial charge in [0, 0.05) is 39.3 Å². The molecule has 1 atom stereocenters. The van der Waals surface area contributed by atoms with Gasteiger partial charge in [-0.05, 0) is 36.6 Å². The highest BCUT2D eigenvalue weighted by Gasteiger charge is 2.28. The Balaban J connectivity index is 1.29. The number of urea groups is 1. The quantitative estimate of drug-likeness (QED) is 0.717. The molecule has 0 bridgehead atoms. The third kappa shape index (κ3) is 4.17. The summed E-state index contributed by atoms with van der Waals surface area (Å²) in [7, 11) is 1.90. The van der Waals surface area contributed by atoms with E-state index in [4.69, 9.17) is 0 Å². The van der Waals surface area contributed by atoms with Crippen LogP contribution < -0.4 is 5.32 Å². The standard InChI is InChI=1S/C22H27N5O/c1-16-24-20-9-8-18(12-21(20)25-16)13-23-22(28)26(2)19-10-11-27(15-19)14-17-6-4-3-5-7-17/h3-9,12,19H,10-11,13-15H2,1-2H3,(H,23,28)(H,24,25)/t19-/m1/s1. The normalized spacial score (nSPS) is 17.1. The number of benzene rings is 2. The second-order valence-electron chi connectivity index (χ2n) is 7.61. The molecule has 2 N–H and O–H groups in total. The van der Waals surface area contributed by atoms with Gasteiger partial charge in [0.1, 0.15) is 5.82 Å². The number of rotatable bonds is 5. The van der Waals surface area contributed by atoms with Crippen molar-refractivity contribution in [3.8, 4) is 0 Å². The van der Waals surface area contributed by atoms with Crippen LogP contribution in [0.2, 0.25) is 0 Å². The van der Waals surface area contributed by atoms with E-state index in [1.54, 1.807) is 0 Å². The average Bonchev–Trinajstić information content (AvgIpc) is 3.31. The minimum Gasteiger partial charge on any atom is -0.342 e. The number of likely N-dealkylation sites (tertiary alicyclic amines) is 1. The first-order valence-corrected chi connectivity index (χ1v) is 9.80. The number of hydrogen-bond acceptors (Lipinski definition) is 3. The summed E-state index contributed by atoms with van der Waals surface area (Å²) in [5.41, 5.74) is 4.34. The van der Waals surface area contributed by atoms with E-state index in [0.29, 0.717) is 6.54 Å². The molecule has 28 heavy (non-hydrogen) atoms. The Morgan fingerprint density at radius 2 is 2.07 bits per heavy atom. The van der Waals surface area contributed by atoms with Gasteiger partial charge in [0.25, 0.3) is 0 Å². The fraction of sp³-hybridized carbons (Fsp3) is 0.364. The van der Waals surface area contributed by atoms with Crippen molar-refractivity contribution in [1.82, 2.24) is 25.1 Å². The Labute approximate surface area is 165 Å². The smallest absolute Gasteiger partial charge is 0.317 e. The number of carbonyl (C=O) groups is 1. The summed E-state index contributed by atoms with van der Waals surface area (Å²) in [6.45, 7) is 5.33. The molecule has 1 fully saturated rings. The molecule has 0 saturated carbocycles. The molecule has 2 amide bonds. The van der Waals surface area contributed by atoms with Crippen molar-refractivity contribution in [3.05, 3.63) is 65.5 Å². The van der Waals surface area contributed by atoms with Crippen LogP contribution in [0.3, 0.4) is 0 Å². The molecular weight excluding hydrogens is 350 g/mol. The molecule has 146 valence electrons. The first-order valence-electron chi connectivity index (χ1n) is 9.80. The van der Waals surface area contributed by atoms with Gasteiger partial charge in [-0.15, -0.1) is 0 Å². The number of imidazole rings is 1. The molecule has 1 aromatic heterocycles. The average molecular weight is 377 g/mol. The van der Waals surface area contributed by atoms with Crippen molar-refractivity contribution in [1.29, 1.82) is 0 Å². The van der Waals surface area contributed by atoms with Crippen LogP contribution in [0.5, 0.6) is 0 Å². The van der Waals surface area contributed by atoms with E-state index in [1.807, 2.05) is 43.1 Å². The summed E-state index contributed by atoms with van der Waals surface area (Å²) in [6, 6.07) is 16.8. The Kier molecular flexibility index (Phi) is 5.30. The maximum atomic E-state index is 12.6. The minimum absolute atomic E-state index is 0.0209. The number of amides is 2. The molecule has 6 heteroatoms. The van der Waals surface area contributed by atoms with E-state index in [-0.39, 0.29) is 12.1 Å². The largest absolute Gasteiger partial charge is 0.342 e. The molecule has 2 heterocycles. The molecule has 6 nitrogen and oxygen atoms in total. The Bertz CT molecular complexity index is 952. The number of nitrogens with zero attached hydrogens (tertiary/aromatic N) is 3. The van der Waals surface area contributed by atoms with Gasteiger partial charge in [-0.1, -0.05) is 36.4 Å². The maximum Gasteiger partial charge on any atom is 0.317 e. The van der Waals surface area contributed by atoms with E-state index in [1.165, 1.54) is 5.56 Å². The van der Waals surface area contributed by atoms with E-state index in [2.05, 4.69) is 44.5 Å². The van der Waals surface area contributed by atoms with Crippen molar-refractivity contribution >= 4 is 17.1 Å². The van der Waals surface area contributed by atoms with E-state index in [0.717, 1.165) is 48.5 Å². The van der Waals surface area contributed by atoms with Crippen LogP contribution in [0.1, 0.15) is 23.4 Å². The fourth-order valence-electron chi connectivity index (χ4n) is 3.88. The van der Waals surface area contributed by atoms with Crippen LogP contribution in [0, 0.1) is 6.92 Å². The summed E-state index contributed by atoms with van der Waals surface area (Å²) < 4.78 is 0. The molecule has 0 aliphatic carbocycles. The Morgan fingerprint density at radius 3 is 2.89 bits per heavy atom. The highest BCUT2D eigenvalue weighted by molar-refractivity contribution is 5.77. The summed E-state index contributed by atoms with van der Waals surface area (Å²) >= 11 is 0. The highest BCUT2D eigenvalue weighted by atomic mass is 16.2. The van der Waals surface area contributed by atoms with Gasteiger partial charge in [-0.2, -0.15) is 0 Å². The number of nitrogens with one attached hydrogen (secondary N) is 2. The van der Waals surface area contributed by atoms with Gasteiger partial charge in [-0.3, -0.25) is 4.90 Å². The highest BCUT2D eigenvalue weighted by Crippen LogP contribution is 2.18. The molecule has 0 radical (unpaired) electrons. The maximum absolute atomic E-state index is 12.6. The summed E-state index contributed by atoms with van der Waals surface area (Å²) in [5, 5.41) is 3.05. The predicted molar refractivity (Wildman–Crippen MR) is 111 cm³/mol. The van der Waals surface area contributed by atoms with Crippen LogP contribution >= 0.6 is 0 Å². The lowest BCUT2D eigenvalue weighted by Gasteiger charge is -2.25. The zero-order chi connectivity index (χ0) is 19.5. The second kappa shape index (κ2) is 8.02. The van der Waals surface area contributed by atoms with Gasteiger partial charge in [0.2, 0.25) is 0 Å². The SMILES string of the molecule is Cc1nc2ccc(CNC(=O)N(C)[C@@H]3CCN(Cc4ccccc4)C3)cc2[nH]1.